The fourth-order valence-electron chi connectivity index (χ4n) is 5.65. The standard InChI is InChI=1S/C38H44N4O6S/c1-5-42(6-2)48-38(44)33-14-10-13-32-31(23-40-37(32)33)21-26(3)39-24-35(43)29-17-15-28(16-18-29)30-19-20-36(34(22-30)41-49(4,45)46)47-25-27-11-8-7-9-12-27/h7-20,22-23,26,35,39-41,43H,5-6,21,24-25H2,1-4H3/t26-,35-/m1/s1. The molecule has 1 aromatic heterocycles. The Morgan fingerprint density at radius 3 is 2.35 bits per heavy atom. The molecule has 2 atom stereocenters. The Morgan fingerprint density at radius 1 is 0.939 bits per heavy atom. The van der Waals surface area contributed by atoms with Gasteiger partial charge in [0.15, 0.2) is 0 Å². The third-order valence-electron chi connectivity index (χ3n) is 8.27. The molecule has 0 aliphatic heterocycles. The zero-order valence-corrected chi connectivity index (χ0v) is 29.1. The van der Waals surface area contributed by atoms with Crippen molar-refractivity contribution in [3.63, 3.8) is 0 Å². The van der Waals surface area contributed by atoms with E-state index in [1.165, 1.54) is 0 Å². The van der Waals surface area contributed by atoms with Crippen LogP contribution in [-0.2, 0) is 27.9 Å². The molecule has 4 aromatic carbocycles. The summed E-state index contributed by atoms with van der Waals surface area (Å²) < 4.78 is 32.8. The number of ether oxygens (including phenoxy) is 1. The van der Waals surface area contributed by atoms with Crippen molar-refractivity contribution in [1.82, 2.24) is 15.4 Å². The Hall–Kier alpha value is -4.68. The summed E-state index contributed by atoms with van der Waals surface area (Å²) in [6.07, 6.45) is 2.98. The number of H-pyrrole nitrogens is 1. The van der Waals surface area contributed by atoms with Crippen molar-refractivity contribution in [3.8, 4) is 16.9 Å². The lowest BCUT2D eigenvalue weighted by atomic mass is 10.0. The van der Waals surface area contributed by atoms with Crippen LogP contribution in [0.5, 0.6) is 5.75 Å². The maximum atomic E-state index is 12.8. The second-order valence-corrected chi connectivity index (χ2v) is 13.8. The van der Waals surface area contributed by atoms with Crippen LogP contribution in [0.1, 0.15) is 53.9 Å². The zero-order valence-electron chi connectivity index (χ0n) is 28.3. The lowest BCUT2D eigenvalue weighted by Crippen LogP contribution is -2.32. The molecule has 0 aliphatic carbocycles. The normalized spacial score (nSPS) is 12.9. The predicted molar refractivity (Wildman–Crippen MR) is 194 cm³/mol. The van der Waals surface area contributed by atoms with Gasteiger partial charge in [-0.3, -0.25) is 4.72 Å². The van der Waals surface area contributed by atoms with Gasteiger partial charge in [-0.15, -0.1) is 5.06 Å². The maximum Gasteiger partial charge on any atom is 0.359 e. The number of para-hydroxylation sites is 1. The molecule has 5 rings (SSSR count). The van der Waals surface area contributed by atoms with Gasteiger partial charge in [0.05, 0.1) is 29.1 Å². The summed E-state index contributed by atoms with van der Waals surface area (Å²) in [7, 11) is -3.54. The van der Waals surface area contributed by atoms with Crippen molar-refractivity contribution in [3.05, 3.63) is 119 Å². The topological polar surface area (TPSA) is 133 Å². The van der Waals surface area contributed by atoms with Crippen LogP contribution in [0.3, 0.4) is 0 Å². The molecule has 0 amide bonds. The van der Waals surface area contributed by atoms with Crippen LogP contribution in [0.25, 0.3) is 22.0 Å². The molecule has 4 N–H and O–H groups in total. The number of aromatic nitrogens is 1. The van der Waals surface area contributed by atoms with Gasteiger partial charge < -0.3 is 25.0 Å². The van der Waals surface area contributed by atoms with Crippen LogP contribution in [-0.4, -0.2) is 61.5 Å². The van der Waals surface area contributed by atoms with Crippen molar-refractivity contribution >= 4 is 32.6 Å². The van der Waals surface area contributed by atoms with Gasteiger partial charge in [-0.1, -0.05) is 72.8 Å². The first-order valence-corrected chi connectivity index (χ1v) is 18.3. The summed E-state index contributed by atoms with van der Waals surface area (Å²) >= 11 is 0. The molecular formula is C38H44N4O6S. The van der Waals surface area contributed by atoms with Crippen LogP contribution < -0.4 is 14.8 Å². The number of anilines is 1. The summed E-state index contributed by atoms with van der Waals surface area (Å²) in [4.78, 5) is 21.6. The molecule has 0 fully saturated rings. The quantitative estimate of drug-likeness (QED) is 0.0872. The van der Waals surface area contributed by atoms with Crippen molar-refractivity contribution in [2.24, 2.45) is 0 Å². The van der Waals surface area contributed by atoms with Gasteiger partial charge in [-0.2, -0.15) is 0 Å². The molecule has 0 radical (unpaired) electrons. The van der Waals surface area contributed by atoms with E-state index in [9.17, 15) is 18.3 Å². The number of nitrogens with one attached hydrogen (secondary N) is 3. The predicted octanol–water partition coefficient (Wildman–Crippen LogP) is 6.45. The number of sulfonamides is 1. The maximum absolute atomic E-state index is 12.8. The lowest BCUT2D eigenvalue weighted by molar-refractivity contribution is -0.102. The van der Waals surface area contributed by atoms with Crippen LogP contribution >= 0.6 is 0 Å². The van der Waals surface area contributed by atoms with Crippen molar-refractivity contribution in [2.75, 3.05) is 30.6 Å². The number of aliphatic hydroxyl groups excluding tert-OH is 1. The third-order valence-corrected chi connectivity index (χ3v) is 8.86. The second-order valence-electron chi connectivity index (χ2n) is 12.0. The van der Waals surface area contributed by atoms with Crippen LogP contribution in [0.15, 0.2) is 97.2 Å². The number of benzene rings is 4. The highest BCUT2D eigenvalue weighted by molar-refractivity contribution is 7.92. The molecular weight excluding hydrogens is 641 g/mol. The Labute approximate surface area is 288 Å². The van der Waals surface area contributed by atoms with Gasteiger partial charge in [0.1, 0.15) is 12.4 Å². The first kappa shape index (κ1) is 35.6. The summed E-state index contributed by atoms with van der Waals surface area (Å²) in [6.45, 7) is 7.80. The van der Waals surface area contributed by atoms with Crippen LogP contribution in [0.2, 0.25) is 0 Å². The number of aliphatic hydroxyl groups is 1. The fourth-order valence-corrected chi connectivity index (χ4v) is 6.21. The van der Waals surface area contributed by atoms with Crippen molar-refractivity contribution in [1.29, 1.82) is 0 Å². The van der Waals surface area contributed by atoms with E-state index in [4.69, 9.17) is 9.57 Å². The Balaban J connectivity index is 1.20. The number of carbonyl (C=O) groups excluding carboxylic acids is 1. The summed E-state index contributed by atoms with van der Waals surface area (Å²) in [5.74, 6) is 0.0371. The molecule has 0 aliphatic rings. The second kappa shape index (κ2) is 16.1. The van der Waals surface area contributed by atoms with Gasteiger partial charge in [-0.25, -0.2) is 13.2 Å². The minimum Gasteiger partial charge on any atom is -0.487 e. The minimum atomic E-state index is -3.54. The molecule has 5 aromatic rings. The van der Waals surface area contributed by atoms with E-state index in [1.807, 2.05) is 92.8 Å². The fraction of sp³-hybridized carbons (Fsp3) is 0.289. The lowest BCUT2D eigenvalue weighted by Gasteiger charge is -2.18. The number of hydrogen-bond acceptors (Lipinski definition) is 8. The van der Waals surface area contributed by atoms with Crippen molar-refractivity contribution < 1.29 is 27.9 Å². The van der Waals surface area contributed by atoms with Crippen molar-refractivity contribution in [2.45, 2.75) is 45.9 Å². The number of fused-ring (bicyclic) bond motifs is 1. The average Bonchev–Trinajstić information content (AvgIpc) is 3.51. The first-order chi connectivity index (χ1) is 23.5. The molecule has 0 spiro atoms. The van der Waals surface area contributed by atoms with Gasteiger partial charge in [0.2, 0.25) is 10.0 Å². The molecule has 1 heterocycles. The van der Waals surface area contributed by atoms with Gasteiger partial charge in [0.25, 0.3) is 0 Å². The number of hydroxylamine groups is 2. The molecule has 0 saturated heterocycles. The highest BCUT2D eigenvalue weighted by Gasteiger charge is 2.19. The minimum absolute atomic E-state index is 0.0441. The zero-order chi connectivity index (χ0) is 35.0. The van der Waals surface area contributed by atoms with Crippen LogP contribution in [0, 0.1) is 0 Å². The summed E-state index contributed by atoms with van der Waals surface area (Å²) in [5, 5.41) is 17.0. The smallest absolute Gasteiger partial charge is 0.359 e. The van der Waals surface area contributed by atoms with E-state index in [0.717, 1.165) is 45.0 Å². The monoisotopic (exact) mass is 684 g/mol. The molecule has 11 heteroatoms. The molecule has 0 saturated carbocycles. The average molecular weight is 685 g/mol. The molecule has 0 unspecified atom stereocenters. The largest absolute Gasteiger partial charge is 0.487 e. The van der Waals surface area contributed by atoms with Crippen LogP contribution in [0.4, 0.5) is 5.69 Å². The number of carbonyl (C=O) groups is 1. The van der Waals surface area contributed by atoms with E-state index >= 15 is 0 Å². The van der Waals surface area contributed by atoms with E-state index < -0.39 is 16.1 Å². The van der Waals surface area contributed by atoms with E-state index in [1.54, 1.807) is 23.3 Å². The van der Waals surface area contributed by atoms with E-state index in [2.05, 4.69) is 21.9 Å². The Kier molecular flexibility index (Phi) is 11.7. The Morgan fingerprint density at radius 2 is 1.65 bits per heavy atom. The van der Waals surface area contributed by atoms with Gasteiger partial charge in [-0.05, 0) is 73.2 Å². The molecule has 0 bridgehead atoms. The molecule has 258 valence electrons. The number of rotatable bonds is 16. The Bertz CT molecular complexity index is 1960. The first-order valence-electron chi connectivity index (χ1n) is 16.4. The summed E-state index contributed by atoms with van der Waals surface area (Å²) in [6, 6.07) is 28.2. The molecule has 10 nitrogen and oxygen atoms in total. The highest BCUT2D eigenvalue weighted by atomic mass is 32.2. The number of aromatic amines is 1. The number of hydrogen-bond donors (Lipinski definition) is 4. The third kappa shape index (κ3) is 9.48. The van der Waals surface area contributed by atoms with Gasteiger partial charge in [0, 0.05) is 37.3 Å². The number of nitrogens with zero attached hydrogens (tertiary/aromatic N) is 1. The van der Waals surface area contributed by atoms with E-state index in [0.29, 0.717) is 49.7 Å². The van der Waals surface area contributed by atoms with E-state index in [-0.39, 0.29) is 12.0 Å². The summed E-state index contributed by atoms with van der Waals surface area (Å²) in [5.41, 5.74) is 6.04. The van der Waals surface area contributed by atoms with Gasteiger partial charge >= 0.3 is 5.97 Å². The highest BCUT2D eigenvalue weighted by Crippen LogP contribution is 2.33. The molecule has 49 heavy (non-hydrogen) atoms. The SMILES string of the molecule is CCN(CC)OC(=O)c1cccc2c(C[C@@H](C)NC[C@@H](O)c3ccc(-c4ccc(OCc5ccccc5)c(NS(C)(=O)=O)c4)cc3)c[nH]c12.